The van der Waals surface area contributed by atoms with Gasteiger partial charge in [-0.2, -0.15) is 0 Å². The second-order valence-corrected chi connectivity index (χ2v) is 3.45. The molecule has 2 rings (SSSR count). The van der Waals surface area contributed by atoms with Gasteiger partial charge < -0.3 is 4.74 Å². The first kappa shape index (κ1) is 11.3. The van der Waals surface area contributed by atoms with Crippen molar-refractivity contribution in [1.82, 2.24) is 4.98 Å². The third kappa shape index (κ3) is 2.87. The summed E-state index contributed by atoms with van der Waals surface area (Å²) in [5, 5.41) is 0. The Hall–Kier alpha value is -2.23. The number of pyridine rings is 1. The molecule has 0 spiro atoms. The van der Waals surface area contributed by atoms with E-state index in [4.69, 9.17) is 4.74 Å². The van der Waals surface area contributed by atoms with Gasteiger partial charge in [0, 0.05) is 17.3 Å². The molecule has 0 bridgehead atoms. The summed E-state index contributed by atoms with van der Waals surface area (Å²) in [6.07, 6.45) is 3.71. The molecular formula is C13H10FNO2. The highest BCUT2D eigenvalue weighted by molar-refractivity contribution is 5.74. The predicted octanol–water partition coefficient (Wildman–Crippen LogP) is 3.16. The Labute approximate surface area is 97.9 Å². The molecule has 2 aromatic rings. The predicted molar refractivity (Wildman–Crippen MR) is 61.0 cm³/mol. The van der Waals surface area contributed by atoms with Gasteiger partial charge in [-0.05, 0) is 30.3 Å². The van der Waals surface area contributed by atoms with E-state index in [0.717, 1.165) is 6.29 Å². The monoisotopic (exact) mass is 231 g/mol. The van der Waals surface area contributed by atoms with Crippen molar-refractivity contribution in [2.24, 2.45) is 0 Å². The molecule has 4 heteroatoms. The van der Waals surface area contributed by atoms with E-state index >= 15 is 0 Å². The molecule has 17 heavy (non-hydrogen) atoms. The van der Waals surface area contributed by atoms with E-state index in [1.165, 1.54) is 12.4 Å². The number of carbonyl (C=O) groups is 1. The van der Waals surface area contributed by atoms with Gasteiger partial charge in [0.15, 0.2) is 0 Å². The van der Waals surface area contributed by atoms with E-state index in [1.54, 1.807) is 30.3 Å². The molecule has 1 heterocycles. The van der Waals surface area contributed by atoms with Gasteiger partial charge in [0.05, 0.1) is 6.20 Å². The molecule has 0 fully saturated rings. The number of halogens is 1. The van der Waals surface area contributed by atoms with Crippen LogP contribution >= 0.6 is 0 Å². The lowest BCUT2D eigenvalue weighted by Crippen LogP contribution is -1.88. The first-order chi connectivity index (χ1) is 8.31. The Morgan fingerprint density at radius 1 is 1.18 bits per heavy atom. The highest BCUT2D eigenvalue weighted by Crippen LogP contribution is 2.21. The second kappa shape index (κ2) is 5.21. The van der Waals surface area contributed by atoms with Crippen LogP contribution in [0.25, 0.3) is 0 Å². The maximum atomic E-state index is 12.4. The molecular weight excluding hydrogens is 221 g/mol. The number of benzene rings is 1. The van der Waals surface area contributed by atoms with Gasteiger partial charge in [0.2, 0.25) is 0 Å². The van der Waals surface area contributed by atoms with E-state index in [-0.39, 0.29) is 0 Å². The number of alkyl halides is 1. The fourth-order valence-corrected chi connectivity index (χ4v) is 1.34. The molecule has 1 aromatic carbocycles. The van der Waals surface area contributed by atoms with Crippen molar-refractivity contribution in [2.75, 3.05) is 0 Å². The number of ether oxygens (including phenoxy) is 1. The van der Waals surface area contributed by atoms with Crippen LogP contribution in [0.3, 0.4) is 0 Å². The highest BCUT2D eigenvalue weighted by Gasteiger charge is 2.00. The number of hydrogen-bond acceptors (Lipinski definition) is 3. The summed E-state index contributed by atoms with van der Waals surface area (Å²) in [5.74, 6) is 1.05. The summed E-state index contributed by atoms with van der Waals surface area (Å²) in [4.78, 5) is 14.3. The number of rotatable bonds is 4. The van der Waals surface area contributed by atoms with E-state index < -0.39 is 6.67 Å². The van der Waals surface area contributed by atoms with Crippen LogP contribution in [-0.4, -0.2) is 11.3 Å². The molecule has 0 aliphatic heterocycles. The number of aldehydes is 1. The minimum Gasteiger partial charge on any atom is -0.456 e. The first-order valence-electron chi connectivity index (χ1n) is 5.05. The van der Waals surface area contributed by atoms with E-state index in [2.05, 4.69) is 4.98 Å². The largest absolute Gasteiger partial charge is 0.456 e. The molecule has 0 radical (unpaired) electrons. The lowest BCUT2D eigenvalue weighted by Gasteiger charge is -2.05. The molecule has 0 aliphatic rings. The highest BCUT2D eigenvalue weighted by atomic mass is 19.1. The number of hydrogen-bond donors (Lipinski definition) is 0. The van der Waals surface area contributed by atoms with Gasteiger partial charge in [0.25, 0.3) is 0 Å². The summed E-state index contributed by atoms with van der Waals surface area (Å²) in [6, 6.07) is 8.22. The molecule has 0 atom stereocenters. The van der Waals surface area contributed by atoms with Crippen LogP contribution in [0.5, 0.6) is 11.5 Å². The molecule has 0 amide bonds. The van der Waals surface area contributed by atoms with Crippen molar-refractivity contribution in [3.63, 3.8) is 0 Å². The zero-order valence-electron chi connectivity index (χ0n) is 8.97. The van der Waals surface area contributed by atoms with E-state index in [9.17, 15) is 9.18 Å². The Balaban J connectivity index is 2.15. The maximum Gasteiger partial charge on any atom is 0.150 e. The van der Waals surface area contributed by atoms with Crippen LogP contribution in [0.15, 0.2) is 42.7 Å². The smallest absolute Gasteiger partial charge is 0.150 e. The van der Waals surface area contributed by atoms with Crippen molar-refractivity contribution in [2.45, 2.75) is 6.67 Å². The normalized spacial score (nSPS) is 9.94. The zero-order chi connectivity index (χ0) is 12.1. The number of aromatic nitrogens is 1. The van der Waals surface area contributed by atoms with Gasteiger partial charge in [-0.25, -0.2) is 4.39 Å². The van der Waals surface area contributed by atoms with Gasteiger partial charge in [-0.1, -0.05) is 0 Å². The van der Waals surface area contributed by atoms with Crippen LogP contribution in [0.4, 0.5) is 4.39 Å². The zero-order valence-corrected chi connectivity index (χ0v) is 8.97. The first-order valence-corrected chi connectivity index (χ1v) is 5.05. The number of carbonyl (C=O) groups excluding carboxylic acids is 1. The van der Waals surface area contributed by atoms with Crippen molar-refractivity contribution in [1.29, 1.82) is 0 Å². The molecule has 0 saturated heterocycles. The standard InChI is InChI=1S/C13H10FNO2/c14-6-11-5-13(8-15-7-11)17-12-3-1-10(9-16)2-4-12/h1-5,7-9H,6H2. The molecule has 0 aliphatic carbocycles. The average Bonchev–Trinajstić information content (AvgIpc) is 2.40. The maximum absolute atomic E-state index is 12.4. The minimum atomic E-state index is -0.575. The Morgan fingerprint density at radius 3 is 2.59 bits per heavy atom. The summed E-state index contributed by atoms with van der Waals surface area (Å²) >= 11 is 0. The van der Waals surface area contributed by atoms with Crippen molar-refractivity contribution in [3.05, 3.63) is 53.9 Å². The second-order valence-electron chi connectivity index (χ2n) is 3.45. The molecule has 0 saturated carbocycles. The lowest BCUT2D eigenvalue weighted by atomic mass is 10.2. The van der Waals surface area contributed by atoms with Gasteiger partial charge in [-0.15, -0.1) is 0 Å². The summed E-state index contributed by atoms with van der Waals surface area (Å²) in [6.45, 7) is -0.575. The molecule has 3 nitrogen and oxygen atoms in total. The average molecular weight is 231 g/mol. The van der Waals surface area contributed by atoms with Crippen LogP contribution in [0, 0.1) is 0 Å². The van der Waals surface area contributed by atoms with Gasteiger partial charge in [0.1, 0.15) is 24.5 Å². The SMILES string of the molecule is O=Cc1ccc(Oc2cncc(CF)c2)cc1. The lowest BCUT2D eigenvalue weighted by molar-refractivity contribution is 0.112. The van der Waals surface area contributed by atoms with Crippen LogP contribution in [0.1, 0.15) is 15.9 Å². The number of nitrogens with zero attached hydrogens (tertiary/aromatic N) is 1. The Kier molecular flexibility index (Phi) is 3.45. The topological polar surface area (TPSA) is 39.2 Å². The van der Waals surface area contributed by atoms with Crippen molar-refractivity contribution >= 4 is 6.29 Å². The van der Waals surface area contributed by atoms with Crippen LogP contribution in [-0.2, 0) is 6.67 Å². The quantitative estimate of drug-likeness (QED) is 0.759. The summed E-state index contributed by atoms with van der Waals surface area (Å²) in [7, 11) is 0. The van der Waals surface area contributed by atoms with E-state index in [1.807, 2.05) is 0 Å². The molecule has 86 valence electrons. The summed E-state index contributed by atoms with van der Waals surface area (Å²) < 4.78 is 17.9. The van der Waals surface area contributed by atoms with Crippen LogP contribution < -0.4 is 4.74 Å². The molecule has 1 aromatic heterocycles. The minimum absolute atomic E-state index is 0.465. The van der Waals surface area contributed by atoms with Gasteiger partial charge >= 0.3 is 0 Å². The molecule has 0 N–H and O–H groups in total. The third-order valence-electron chi connectivity index (χ3n) is 2.18. The fourth-order valence-electron chi connectivity index (χ4n) is 1.34. The van der Waals surface area contributed by atoms with Crippen LogP contribution in [0.2, 0.25) is 0 Å². The Morgan fingerprint density at radius 2 is 1.94 bits per heavy atom. The van der Waals surface area contributed by atoms with E-state index in [0.29, 0.717) is 22.6 Å². The third-order valence-corrected chi connectivity index (χ3v) is 2.18. The molecule has 0 unspecified atom stereocenters. The van der Waals surface area contributed by atoms with Crippen molar-refractivity contribution in [3.8, 4) is 11.5 Å². The summed E-state index contributed by atoms with van der Waals surface area (Å²) in [5.41, 5.74) is 1.04. The van der Waals surface area contributed by atoms with Crippen molar-refractivity contribution < 1.29 is 13.9 Å². The van der Waals surface area contributed by atoms with Gasteiger partial charge in [-0.3, -0.25) is 9.78 Å². The fraction of sp³-hybridized carbons (Fsp3) is 0.0769. The Bertz CT molecular complexity index is 511.